The van der Waals surface area contributed by atoms with Gasteiger partial charge in [0.15, 0.2) is 0 Å². The lowest BCUT2D eigenvalue weighted by Gasteiger charge is -2.20. The van der Waals surface area contributed by atoms with Crippen LogP contribution >= 0.6 is 11.8 Å². The molecule has 3 heteroatoms. The second kappa shape index (κ2) is 5.33. The van der Waals surface area contributed by atoms with Gasteiger partial charge in [-0.2, -0.15) is 0 Å². The molecule has 0 aliphatic carbocycles. The summed E-state index contributed by atoms with van der Waals surface area (Å²) in [6.07, 6.45) is 2.16. The van der Waals surface area contributed by atoms with E-state index in [-0.39, 0.29) is 5.12 Å². The fourth-order valence-electron chi connectivity index (χ4n) is 1.60. The molecular formula is C12H14O2S. The Balaban J connectivity index is 1.91. The van der Waals surface area contributed by atoms with Crippen LogP contribution in [0, 0.1) is 0 Å². The van der Waals surface area contributed by atoms with Gasteiger partial charge in [0, 0.05) is 17.4 Å². The van der Waals surface area contributed by atoms with E-state index in [1.807, 2.05) is 30.3 Å². The lowest BCUT2D eigenvalue weighted by Crippen LogP contribution is -2.20. The monoisotopic (exact) mass is 222 g/mol. The zero-order chi connectivity index (χ0) is 10.5. The fraction of sp³-hybridized carbons (Fsp3) is 0.417. The number of hydrogen-bond donors (Lipinski definition) is 0. The van der Waals surface area contributed by atoms with Crippen LogP contribution in [0.5, 0.6) is 0 Å². The summed E-state index contributed by atoms with van der Waals surface area (Å²) >= 11 is 1.41. The molecule has 0 spiro atoms. The Bertz CT molecular complexity index is 318. The van der Waals surface area contributed by atoms with E-state index in [4.69, 9.17) is 4.74 Å². The first kappa shape index (κ1) is 10.7. The van der Waals surface area contributed by atoms with Gasteiger partial charge < -0.3 is 4.74 Å². The van der Waals surface area contributed by atoms with Crippen molar-refractivity contribution in [2.75, 3.05) is 13.2 Å². The average Bonchev–Trinajstić information content (AvgIpc) is 2.31. The predicted molar refractivity (Wildman–Crippen MR) is 62.2 cm³/mol. The van der Waals surface area contributed by atoms with Crippen molar-refractivity contribution in [3.05, 3.63) is 35.9 Å². The standard InChI is InChI=1S/C12H14O2S/c13-12(10-5-2-1-3-6-10)15-11-7-4-8-14-9-11/h1-3,5-6,11H,4,7-9H2. The van der Waals surface area contributed by atoms with E-state index < -0.39 is 0 Å². The molecule has 1 aromatic carbocycles. The third-order valence-electron chi connectivity index (χ3n) is 2.40. The summed E-state index contributed by atoms with van der Waals surface area (Å²) in [5.41, 5.74) is 0.785. The molecule has 1 atom stereocenters. The van der Waals surface area contributed by atoms with Crippen molar-refractivity contribution in [1.29, 1.82) is 0 Å². The highest BCUT2D eigenvalue weighted by atomic mass is 32.2. The van der Waals surface area contributed by atoms with Crippen LogP contribution in [0.1, 0.15) is 23.2 Å². The van der Waals surface area contributed by atoms with Crippen molar-refractivity contribution >= 4 is 16.9 Å². The summed E-state index contributed by atoms with van der Waals surface area (Å²) in [4.78, 5) is 11.8. The molecule has 0 aromatic heterocycles. The third kappa shape index (κ3) is 3.08. The Hall–Kier alpha value is -0.800. The molecule has 0 saturated carbocycles. The second-order valence-corrected chi connectivity index (χ2v) is 4.88. The minimum absolute atomic E-state index is 0.158. The minimum Gasteiger partial charge on any atom is -0.380 e. The first-order valence-electron chi connectivity index (χ1n) is 5.20. The van der Waals surface area contributed by atoms with Crippen molar-refractivity contribution in [1.82, 2.24) is 0 Å². The molecule has 2 rings (SSSR count). The molecule has 0 radical (unpaired) electrons. The Morgan fingerprint density at radius 3 is 2.80 bits per heavy atom. The first-order chi connectivity index (χ1) is 7.36. The van der Waals surface area contributed by atoms with Crippen molar-refractivity contribution in [3.8, 4) is 0 Å². The number of carbonyl (C=O) groups excluding carboxylic acids is 1. The maximum absolute atomic E-state index is 11.8. The van der Waals surface area contributed by atoms with Gasteiger partial charge in [0.25, 0.3) is 0 Å². The molecule has 1 aromatic rings. The van der Waals surface area contributed by atoms with E-state index in [0.29, 0.717) is 11.9 Å². The highest BCUT2D eigenvalue weighted by Crippen LogP contribution is 2.24. The van der Waals surface area contributed by atoms with Gasteiger partial charge in [0.05, 0.1) is 6.61 Å². The van der Waals surface area contributed by atoms with E-state index >= 15 is 0 Å². The zero-order valence-corrected chi connectivity index (χ0v) is 9.33. The molecule has 1 fully saturated rings. The third-order valence-corrected chi connectivity index (χ3v) is 3.56. The molecule has 80 valence electrons. The van der Waals surface area contributed by atoms with Gasteiger partial charge in [-0.1, -0.05) is 42.1 Å². The second-order valence-electron chi connectivity index (χ2n) is 3.61. The number of thioether (sulfide) groups is 1. The molecule has 0 N–H and O–H groups in total. The van der Waals surface area contributed by atoms with Crippen LogP contribution < -0.4 is 0 Å². The number of benzene rings is 1. The van der Waals surface area contributed by atoms with Crippen LogP contribution in [0.3, 0.4) is 0 Å². The maximum Gasteiger partial charge on any atom is 0.219 e. The molecule has 1 heterocycles. The summed E-state index contributed by atoms with van der Waals surface area (Å²) < 4.78 is 5.35. The van der Waals surface area contributed by atoms with Gasteiger partial charge in [-0.25, -0.2) is 0 Å². The Labute approximate surface area is 94.0 Å². The highest BCUT2D eigenvalue weighted by molar-refractivity contribution is 8.14. The Kier molecular flexibility index (Phi) is 3.80. The van der Waals surface area contributed by atoms with Crippen LogP contribution in [0.15, 0.2) is 30.3 Å². The van der Waals surface area contributed by atoms with Gasteiger partial charge in [0.1, 0.15) is 0 Å². The predicted octanol–water partition coefficient (Wildman–Crippen LogP) is 2.74. The van der Waals surface area contributed by atoms with Crippen LogP contribution in [0.2, 0.25) is 0 Å². The molecule has 2 nitrogen and oxygen atoms in total. The van der Waals surface area contributed by atoms with E-state index in [9.17, 15) is 4.79 Å². The largest absolute Gasteiger partial charge is 0.380 e. The van der Waals surface area contributed by atoms with Crippen molar-refractivity contribution in [3.63, 3.8) is 0 Å². The first-order valence-corrected chi connectivity index (χ1v) is 6.08. The molecule has 0 amide bonds. The fourth-order valence-corrected chi connectivity index (χ4v) is 2.62. The number of rotatable bonds is 2. The Morgan fingerprint density at radius 2 is 2.13 bits per heavy atom. The van der Waals surface area contributed by atoms with Gasteiger partial charge in [0.2, 0.25) is 5.12 Å². The average molecular weight is 222 g/mol. The molecule has 15 heavy (non-hydrogen) atoms. The summed E-state index contributed by atoms with van der Waals surface area (Å²) in [5, 5.41) is 0.498. The quantitative estimate of drug-likeness (QED) is 0.769. The molecule has 1 saturated heterocycles. The van der Waals surface area contributed by atoms with Crippen LogP contribution in [-0.4, -0.2) is 23.6 Å². The molecule has 1 aliphatic rings. The molecule has 1 aliphatic heterocycles. The van der Waals surface area contributed by atoms with E-state index in [1.165, 1.54) is 11.8 Å². The normalized spacial score (nSPS) is 21.2. The summed E-state index contributed by atoms with van der Waals surface area (Å²) in [6.45, 7) is 1.56. The van der Waals surface area contributed by atoms with Gasteiger partial charge >= 0.3 is 0 Å². The van der Waals surface area contributed by atoms with Gasteiger partial charge in [-0.15, -0.1) is 0 Å². The van der Waals surface area contributed by atoms with E-state index in [1.54, 1.807) is 0 Å². The summed E-state index contributed by atoms with van der Waals surface area (Å²) in [5.74, 6) is 0. The van der Waals surface area contributed by atoms with Crippen LogP contribution in [0.4, 0.5) is 0 Å². The molecular weight excluding hydrogens is 208 g/mol. The lowest BCUT2D eigenvalue weighted by molar-refractivity contribution is 0.0991. The molecule has 0 bridgehead atoms. The van der Waals surface area contributed by atoms with Gasteiger partial charge in [-0.05, 0) is 12.8 Å². The van der Waals surface area contributed by atoms with E-state index in [0.717, 1.165) is 25.0 Å². The van der Waals surface area contributed by atoms with Gasteiger partial charge in [-0.3, -0.25) is 4.79 Å². The molecule has 1 unspecified atom stereocenters. The number of carbonyl (C=O) groups is 1. The van der Waals surface area contributed by atoms with Crippen molar-refractivity contribution in [2.24, 2.45) is 0 Å². The van der Waals surface area contributed by atoms with Crippen molar-refractivity contribution < 1.29 is 9.53 Å². The summed E-state index contributed by atoms with van der Waals surface area (Å²) in [6, 6.07) is 9.43. The summed E-state index contributed by atoms with van der Waals surface area (Å²) in [7, 11) is 0. The smallest absolute Gasteiger partial charge is 0.219 e. The Morgan fingerprint density at radius 1 is 1.33 bits per heavy atom. The topological polar surface area (TPSA) is 26.3 Å². The minimum atomic E-state index is 0.158. The van der Waals surface area contributed by atoms with E-state index in [2.05, 4.69) is 0 Å². The number of hydrogen-bond acceptors (Lipinski definition) is 3. The highest BCUT2D eigenvalue weighted by Gasteiger charge is 2.18. The number of ether oxygens (including phenoxy) is 1. The van der Waals surface area contributed by atoms with Crippen molar-refractivity contribution in [2.45, 2.75) is 18.1 Å². The maximum atomic E-state index is 11.8. The lowest BCUT2D eigenvalue weighted by atomic mass is 10.2. The van der Waals surface area contributed by atoms with Crippen LogP contribution in [-0.2, 0) is 4.74 Å². The van der Waals surface area contributed by atoms with Crippen LogP contribution in [0.25, 0.3) is 0 Å². The SMILES string of the molecule is O=C(SC1CCCOC1)c1ccccc1. The zero-order valence-electron chi connectivity index (χ0n) is 8.52.